The number of carbonyl (C=O) groups is 1. The van der Waals surface area contributed by atoms with Crippen LogP contribution < -0.4 is 9.64 Å². The van der Waals surface area contributed by atoms with Gasteiger partial charge >= 0.3 is 0 Å². The van der Waals surface area contributed by atoms with Gasteiger partial charge in [0.2, 0.25) is 0 Å². The number of nitro benzene ring substituents is 1. The summed E-state index contributed by atoms with van der Waals surface area (Å²) in [6.07, 6.45) is 0. The molecule has 4 rings (SSSR count). The lowest BCUT2D eigenvalue weighted by Gasteiger charge is -2.35. The van der Waals surface area contributed by atoms with E-state index in [1.54, 1.807) is 19.2 Å². The molecule has 0 aliphatic carbocycles. The van der Waals surface area contributed by atoms with E-state index >= 15 is 0 Å². The highest BCUT2D eigenvalue weighted by molar-refractivity contribution is 6.10. The minimum Gasteiger partial charge on any atom is -0.497 e. The van der Waals surface area contributed by atoms with E-state index in [1.807, 2.05) is 32.2 Å². The van der Waals surface area contributed by atoms with Crippen LogP contribution in [0, 0.1) is 17.0 Å². The molecule has 0 bridgehead atoms. The average molecular weight is 422 g/mol. The SMILES string of the molecule is COc1ccc2c(c1)c(C(=O)CN1CCN(c3ccc([N+](=O)[O-])cc3)CC1)c(C)n2C. The van der Waals surface area contributed by atoms with Crippen LogP contribution in [0.2, 0.25) is 0 Å². The van der Waals surface area contributed by atoms with E-state index in [0.717, 1.165) is 59.8 Å². The summed E-state index contributed by atoms with van der Waals surface area (Å²) in [7, 11) is 3.60. The van der Waals surface area contributed by atoms with Gasteiger partial charge in [-0.2, -0.15) is 0 Å². The lowest BCUT2D eigenvalue weighted by atomic mass is 10.1. The molecule has 0 spiro atoms. The Morgan fingerprint density at radius 3 is 2.39 bits per heavy atom. The number of piperazine rings is 1. The fourth-order valence-electron chi connectivity index (χ4n) is 4.26. The number of nitrogens with zero attached hydrogens (tertiary/aromatic N) is 4. The van der Waals surface area contributed by atoms with Crippen molar-refractivity contribution in [1.29, 1.82) is 0 Å². The number of anilines is 1. The smallest absolute Gasteiger partial charge is 0.269 e. The number of Topliss-reactive ketones (excluding diaryl/α,β-unsaturated/α-hetero) is 1. The highest BCUT2D eigenvalue weighted by Gasteiger charge is 2.24. The van der Waals surface area contributed by atoms with Gasteiger partial charge in [-0.25, -0.2) is 0 Å². The monoisotopic (exact) mass is 422 g/mol. The number of carbonyl (C=O) groups excluding carboxylic acids is 1. The van der Waals surface area contributed by atoms with Crippen LogP contribution in [0.25, 0.3) is 10.9 Å². The normalized spacial score (nSPS) is 14.7. The van der Waals surface area contributed by atoms with Crippen LogP contribution in [-0.4, -0.2) is 60.0 Å². The number of aryl methyl sites for hydroxylation is 1. The van der Waals surface area contributed by atoms with E-state index in [-0.39, 0.29) is 11.5 Å². The van der Waals surface area contributed by atoms with Crippen molar-refractivity contribution in [2.75, 3.05) is 44.7 Å². The predicted octanol–water partition coefficient (Wildman–Crippen LogP) is 3.41. The number of rotatable bonds is 6. The molecule has 1 aromatic heterocycles. The second kappa shape index (κ2) is 8.39. The number of methoxy groups -OCH3 is 1. The van der Waals surface area contributed by atoms with Gasteiger partial charge in [-0.15, -0.1) is 0 Å². The molecule has 0 unspecified atom stereocenters. The van der Waals surface area contributed by atoms with Crippen molar-refractivity contribution in [3.63, 3.8) is 0 Å². The van der Waals surface area contributed by atoms with Crippen LogP contribution in [-0.2, 0) is 7.05 Å². The van der Waals surface area contributed by atoms with Gasteiger partial charge in [0, 0.05) is 73.2 Å². The first-order chi connectivity index (χ1) is 14.9. The average Bonchev–Trinajstić information content (AvgIpc) is 3.03. The molecule has 1 aliphatic rings. The van der Waals surface area contributed by atoms with Gasteiger partial charge in [-0.1, -0.05) is 0 Å². The molecule has 0 atom stereocenters. The van der Waals surface area contributed by atoms with Gasteiger partial charge in [0.15, 0.2) is 5.78 Å². The van der Waals surface area contributed by atoms with Crippen LogP contribution in [0.3, 0.4) is 0 Å². The van der Waals surface area contributed by atoms with Crippen LogP contribution >= 0.6 is 0 Å². The first-order valence-corrected chi connectivity index (χ1v) is 10.3. The minimum absolute atomic E-state index is 0.0927. The number of benzene rings is 2. The second-order valence-electron chi connectivity index (χ2n) is 7.86. The molecule has 1 fully saturated rings. The van der Waals surface area contributed by atoms with Crippen molar-refractivity contribution in [1.82, 2.24) is 9.47 Å². The summed E-state index contributed by atoms with van der Waals surface area (Å²) < 4.78 is 7.41. The Morgan fingerprint density at radius 2 is 1.77 bits per heavy atom. The van der Waals surface area contributed by atoms with E-state index in [0.29, 0.717) is 6.54 Å². The number of hydrogen-bond donors (Lipinski definition) is 0. The summed E-state index contributed by atoms with van der Waals surface area (Å²) in [5.41, 5.74) is 3.79. The molecule has 0 saturated carbocycles. The molecule has 2 heterocycles. The molecule has 1 aliphatic heterocycles. The topological polar surface area (TPSA) is 80.8 Å². The molecule has 8 heteroatoms. The fraction of sp³-hybridized carbons (Fsp3) is 0.348. The molecule has 162 valence electrons. The molecule has 2 aromatic carbocycles. The van der Waals surface area contributed by atoms with Crippen molar-refractivity contribution >= 4 is 28.1 Å². The fourth-order valence-corrected chi connectivity index (χ4v) is 4.26. The van der Waals surface area contributed by atoms with Crippen molar-refractivity contribution in [3.8, 4) is 5.75 Å². The summed E-state index contributed by atoms with van der Waals surface area (Å²) in [4.78, 5) is 28.1. The Balaban J connectivity index is 1.45. The second-order valence-corrected chi connectivity index (χ2v) is 7.86. The Hall–Kier alpha value is -3.39. The Bertz CT molecular complexity index is 1130. The number of nitro groups is 1. The maximum atomic E-state index is 13.2. The third-order valence-electron chi connectivity index (χ3n) is 6.14. The van der Waals surface area contributed by atoms with Crippen LogP contribution in [0.15, 0.2) is 42.5 Å². The third kappa shape index (κ3) is 3.98. The summed E-state index contributed by atoms with van der Waals surface area (Å²) in [6.45, 7) is 5.41. The van der Waals surface area contributed by atoms with Gasteiger partial charge in [0.05, 0.1) is 18.6 Å². The molecule has 3 aromatic rings. The van der Waals surface area contributed by atoms with Crippen LogP contribution in [0.1, 0.15) is 16.1 Å². The quantitative estimate of drug-likeness (QED) is 0.344. The maximum Gasteiger partial charge on any atom is 0.269 e. The largest absolute Gasteiger partial charge is 0.497 e. The zero-order valence-electron chi connectivity index (χ0n) is 18.0. The molecule has 0 N–H and O–H groups in total. The van der Waals surface area contributed by atoms with Gasteiger partial charge < -0.3 is 14.2 Å². The molecule has 1 saturated heterocycles. The molecule has 8 nitrogen and oxygen atoms in total. The number of non-ortho nitro benzene ring substituents is 1. The molecular weight excluding hydrogens is 396 g/mol. The van der Waals surface area contributed by atoms with Gasteiger partial charge in [-0.05, 0) is 37.3 Å². The van der Waals surface area contributed by atoms with Gasteiger partial charge in [0.1, 0.15) is 5.75 Å². The van der Waals surface area contributed by atoms with Gasteiger partial charge in [0.25, 0.3) is 5.69 Å². The summed E-state index contributed by atoms with van der Waals surface area (Å²) in [5.74, 6) is 0.851. The number of ketones is 1. The highest BCUT2D eigenvalue weighted by atomic mass is 16.6. The minimum atomic E-state index is -0.391. The van der Waals surface area contributed by atoms with E-state index in [1.165, 1.54) is 12.1 Å². The Kier molecular flexibility index (Phi) is 5.65. The van der Waals surface area contributed by atoms with E-state index < -0.39 is 4.92 Å². The van der Waals surface area contributed by atoms with E-state index in [4.69, 9.17) is 4.74 Å². The number of aromatic nitrogens is 1. The summed E-state index contributed by atoms with van der Waals surface area (Å²) in [6, 6.07) is 12.5. The van der Waals surface area contributed by atoms with Crippen LogP contribution in [0.4, 0.5) is 11.4 Å². The maximum absolute atomic E-state index is 13.2. The lowest BCUT2D eigenvalue weighted by Crippen LogP contribution is -2.48. The first-order valence-electron chi connectivity index (χ1n) is 10.3. The lowest BCUT2D eigenvalue weighted by molar-refractivity contribution is -0.384. The van der Waals surface area contributed by atoms with E-state index in [2.05, 4.69) is 14.4 Å². The van der Waals surface area contributed by atoms with E-state index in [9.17, 15) is 14.9 Å². The van der Waals surface area contributed by atoms with Crippen LogP contribution in [0.5, 0.6) is 5.75 Å². The molecule has 0 amide bonds. The molecule has 31 heavy (non-hydrogen) atoms. The number of hydrogen-bond acceptors (Lipinski definition) is 6. The Labute approximate surface area is 180 Å². The van der Waals surface area contributed by atoms with Gasteiger partial charge in [-0.3, -0.25) is 19.8 Å². The zero-order chi connectivity index (χ0) is 22.1. The van der Waals surface area contributed by atoms with Crippen molar-refractivity contribution < 1.29 is 14.5 Å². The zero-order valence-corrected chi connectivity index (χ0v) is 18.0. The molecule has 0 radical (unpaired) electrons. The third-order valence-corrected chi connectivity index (χ3v) is 6.14. The summed E-state index contributed by atoms with van der Waals surface area (Å²) in [5, 5.41) is 11.8. The van der Waals surface area contributed by atoms with Crippen molar-refractivity contribution in [2.24, 2.45) is 7.05 Å². The number of ether oxygens (including phenoxy) is 1. The van der Waals surface area contributed by atoms with Crippen molar-refractivity contribution in [2.45, 2.75) is 6.92 Å². The highest BCUT2D eigenvalue weighted by Crippen LogP contribution is 2.29. The van der Waals surface area contributed by atoms with Crippen molar-refractivity contribution in [3.05, 3.63) is 63.8 Å². The predicted molar refractivity (Wildman–Crippen MR) is 120 cm³/mol. The standard InChI is InChI=1S/C23H26N4O4/c1-16-23(20-14-19(31-3)8-9-21(20)24(16)2)22(28)15-25-10-12-26(13-11-25)17-4-6-18(7-5-17)27(29)30/h4-9,14H,10-13,15H2,1-3H3. The number of fused-ring (bicyclic) bond motifs is 1. The first kappa shape index (κ1) is 20.9. The molecular formula is C23H26N4O4. The Morgan fingerprint density at radius 1 is 1.10 bits per heavy atom. The summed E-state index contributed by atoms with van der Waals surface area (Å²) >= 11 is 0.